The minimum absolute atomic E-state index is 0.0545. The quantitative estimate of drug-likeness (QED) is 0.318. The molecule has 2 amide bonds. The van der Waals surface area contributed by atoms with Crippen molar-refractivity contribution in [3.05, 3.63) is 100.0 Å². The van der Waals surface area contributed by atoms with Gasteiger partial charge in [0.1, 0.15) is 5.57 Å². The summed E-state index contributed by atoms with van der Waals surface area (Å²) in [5, 5.41) is 18.4. The number of pyridine rings is 1. The molecule has 0 N–H and O–H groups in total. The molecule has 0 radical (unpaired) electrons. The maximum Gasteiger partial charge on any atom is 0.331 e. The molecular formula is C30H28N4O3. The van der Waals surface area contributed by atoms with Gasteiger partial charge in [0.25, 0.3) is 11.6 Å². The van der Waals surface area contributed by atoms with E-state index in [0.717, 1.165) is 32.7 Å². The Morgan fingerprint density at radius 1 is 0.838 bits per heavy atom. The first-order chi connectivity index (χ1) is 17.6. The van der Waals surface area contributed by atoms with Crippen molar-refractivity contribution < 1.29 is 19.3 Å². The average molecular weight is 493 g/mol. The lowest BCUT2D eigenvalue weighted by Gasteiger charge is -2.17. The van der Waals surface area contributed by atoms with Crippen molar-refractivity contribution in [1.29, 1.82) is 0 Å². The second-order valence-electron chi connectivity index (χ2n) is 9.62. The van der Waals surface area contributed by atoms with E-state index in [0.29, 0.717) is 17.1 Å². The van der Waals surface area contributed by atoms with Crippen LogP contribution in [-0.2, 0) is 9.59 Å². The summed E-state index contributed by atoms with van der Waals surface area (Å²) in [7, 11) is 0. The monoisotopic (exact) mass is 492 g/mol. The molecule has 4 aromatic rings. The fourth-order valence-corrected chi connectivity index (χ4v) is 4.72. The van der Waals surface area contributed by atoms with Crippen LogP contribution in [0.3, 0.4) is 0 Å². The number of amides is 2. The van der Waals surface area contributed by atoms with Crippen molar-refractivity contribution in [2.45, 2.75) is 41.5 Å². The van der Waals surface area contributed by atoms with Gasteiger partial charge in [-0.2, -0.15) is 9.67 Å². The SMILES string of the molecule is Cc1cccc(N2C(=O)C(c3c(C)nn(-c4cccc(C)c4C)c3[O-])=C([n+]3ccc(C)c(C)c3)C2=O)c1. The molecule has 2 aromatic carbocycles. The fraction of sp³-hybridized carbons (Fsp3) is 0.200. The molecule has 1 aliphatic rings. The van der Waals surface area contributed by atoms with Gasteiger partial charge in [-0.3, -0.25) is 9.59 Å². The van der Waals surface area contributed by atoms with E-state index in [1.165, 1.54) is 4.68 Å². The molecule has 0 bridgehead atoms. The number of anilines is 1. The van der Waals surface area contributed by atoms with Crippen LogP contribution in [0.1, 0.15) is 39.1 Å². The summed E-state index contributed by atoms with van der Waals surface area (Å²) >= 11 is 0. The van der Waals surface area contributed by atoms with Crippen LogP contribution in [-0.4, -0.2) is 21.6 Å². The van der Waals surface area contributed by atoms with Gasteiger partial charge in [-0.1, -0.05) is 24.3 Å². The largest absolute Gasteiger partial charge is 0.858 e. The third-order valence-corrected chi connectivity index (χ3v) is 7.09. The number of benzene rings is 2. The first-order valence-corrected chi connectivity index (χ1v) is 12.1. The lowest BCUT2D eigenvalue weighted by atomic mass is 10.0. The molecule has 0 saturated heterocycles. The minimum atomic E-state index is -0.544. The summed E-state index contributed by atoms with van der Waals surface area (Å²) in [6.07, 6.45) is 3.56. The minimum Gasteiger partial charge on any atom is -0.858 e. The molecule has 0 unspecified atom stereocenters. The van der Waals surface area contributed by atoms with Gasteiger partial charge in [0, 0.05) is 17.2 Å². The van der Waals surface area contributed by atoms with Crippen LogP contribution in [0, 0.1) is 41.5 Å². The van der Waals surface area contributed by atoms with E-state index in [9.17, 15) is 14.7 Å². The van der Waals surface area contributed by atoms with Crippen LogP contribution in [0.2, 0.25) is 0 Å². The Morgan fingerprint density at radius 2 is 1.57 bits per heavy atom. The van der Waals surface area contributed by atoms with Crippen LogP contribution in [0.4, 0.5) is 5.69 Å². The van der Waals surface area contributed by atoms with Crippen molar-refractivity contribution in [2.24, 2.45) is 0 Å². The van der Waals surface area contributed by atoms with Crippen LogP contribution >= 0.6 is 0 Å². The Bertz CT molecular complexity index is 1640. The lowest BCUT2D eigenvalue weighted by molar-refractivity contribution is -0.577. The van der Waals surface area contributed by atoms with Crippen LogP contribution in [0.25, 0.3) is 17.0 Å². The van der Waals surface area contributed by atoms with Gasteiger partial charge in [0.15, 0.2) is 12.4 Å². The van der Waals surface area contributed by atoms with Crippen molar-refractivity contribution >= 4 is 28.8 Å². The van der Waals surface area contributed by atoms with Gasteiger partial charge in [0.2, 0.25) is 0 Å². The zero-order valence-corrected chi connectivity index (χ0v) is 21.8. The smallest absolute Gasteiger partial charge is 0.331 e. The van der Waals surface area contributed by atoms with E-state index in [-0.39, 0.29) is 16.8 Å². The highest BCUT2D eigenvalue weighted by molar-refractivity contribution is 6.53. The highest BCUT2D eigenvalue weighted by Crippen LogP contribution is 2.39. The van der Waals surface area contributed by atoms with E-state index < -0.39 is 17.7 Å². The Labute approximate surface area is 215 Å². The van der Waals surface area contributed by atoms with E-state index in [1.807, 2.05) is 71.1 Å². The molecule has 0 saturated carbocycles. The van der Waals surface area contributed by atoms with Crippen molar-refractivity contribution in [1.82, 2.24) is 9.78 Å². The predicted octanol–water partition coefficient (Wildman–Crippen LogP) is 4.03. The molecule has 7 nitrogen and oxygen atoms in total. The number of aromatic nitrogens is 3. The number of aryl methyl sites for hydroxylation is 5. The van der Waals surface area contributed by atoms with Gasteiger partial charge in [-0.25, -0.2) is 9.58 Å². The number of carbonyl (C=O) groups is 2. The summed E-state index contributed by atoms with van der Waals surface area (Å²) in [5.74, 6) is -1.47. The summed E-state index contributed by atoms with van der Waals surface area (Å²) in [6.45, 7) is 11.4. The zero-order chi connectivity index (χ0) is 26.6. The highest BCUT2D eigenvalue weighted by Gasteiger charge is 2.47. The predicted molar refractivity (Wildman–Crippen MR) is 140 cm³/mol. The number of hydrogen-bond donors (Lipinski definition) is 0. The number of nitrogens with zero attached hydrogens (tertiary/aromatic N) is 4. The topological polar surface area (TPSA) is 82.1 Å². The molecular weight excluding hydrogens is 464 g/mol. The Morgan fingerprint density at radius 3 is 2.27 bits per heavy atom. The second kappa shape index (κ2) is 8.85. The van der Waals surface area contributed by atoms with E-state index in [4.69, 9.17) is 0 Å². The first-order valence-electron chi connectivity index (χ1n) is 12.1. The lowest BCUT2D eigenvalue weighted by Crippen LogP contribution is -2.40. The maximum atomic E-state index is 14.0. The van der Waals surface area contributed by atoms with E-state index >= 15 is 0 Å². The molecule has 2 aromatic heterocycles. The average Bonchev–Trinajstić information content (AvgIpc) is 3.28. The molecule has 1 aliphatic heterocycles. The fourth-order valence-electron chi connectivity index (χ4n) is 4.72. The Hall–Kier alpha value is -4.52. The Kier molecular flexibility index (Phi) is 5.79. The first kappa shape index (κ1) is 24.2. The van der Waals surface area contributed by atoms with Gasteiger partial charge >= 0.3 is 5.91 Å². The molecule has 0 aliphatic carbocycles. The molecule has 0 fully saturated rings. The van der Waals surface area contributed by atoms with E-state index in [2.05, 4.69) is 5.10 Å². The molecule has 186 valence electrons. The molecule has 0 spiro atoms. The van der Waals surface area contributed by atoms with Crippen molar-refractivity contribution in [2.75, 3.05) is 4.90 Å². The second-order valence-corrected chi connectivity index (χ2v) is 9.62. The molecule has 0 atom stereocenters. The normalized spacial score (nSPS) is 13.7. The highest BCUT2D eigenvalue weighted by atomic mass is 16.3. The standard InChI is InChI=1S/C30H28N4O3/c1-17-9-7-11-23(15-17)33-28(35)26(27(30(33)37)32-14-13-18(2)20(4)16-32)25-22(6)31-34(29(25)36)24-12-8-10-19(3)21(24)5/h7-16H,1-6H3. The third kappa shape index (κ3) is 3.83. The number of imide groups is 1. The van der Waals surface area contributed by atoms with Crippen LogP contribution in [0.5, 0.6) is 5.88 Å². The summed E-state index contributed by atoms with van der Waals surface area (Å²) < 4.78 is 2.97. The van der Waals surface area contributed by atoms with Crippen LogP contribution in [0.15, 0.2) is 60.9 Å². The summed E-state index contributed by atoms with van der Waals surface area (Å²) in [4.78, 5) is 29.0. The molecule has 37 heavy (non-hydrogen) atoms. The Balaban J connectivity index is 1.78. The molecule has 7 heteroatoms. The van der Waals surface area contributed by atoms with Crippen molar-refractivity contribution in [3.63, 3.8) is 0 Å². The zero-order valence-electron chi connectivity index (χ0n) is 21.8. The van der Waals surface area contributed by atoms with Gasteiger partial charge in [0.05, 0.1) is 17.1 Å². The number of rotatable bonds is 4. The van der Waals surface area contributed by atoms with Crippen molar-refractivity contribution in [3.8, 4) is 11.6 Å². The van der Waals surface area contributed by atoms with Gasteiger partial charge in [-0.15, -0.1) is 0 Å². The number of hydrogen-bond acceptors (Lipinski definition) is 4. The van der Waals surface area contributed by atoms with E-state index in [1.54, 1.807) is 35.9 Å². The van der Waals surface area contributed by atoms with Crippen LogP contribution < -0.4 is 14.6 Å². The third-order valence-electron chi connectivity index (χ3n) is 7.09. The maximum absolute atomic E-state index is 14.0. The molecule has 5 rings (SSSR count). The summed E-state index contributed by atoms with van der Waals surface area (Å²) in [5.41, 5.74) is 6.67. The number of carbonyl (C=O) groups excluding carboxylic acids is 2. The summed E-state index contributed by atoms with van der Waals surface area (Å²) in [6, 6.07) is 14.8. The molecule has 3 heterocycles. The van der Waals surface area contributed by atoms with Gasteiger partial charge in [-0.05, 0) is 87.9 Å². The van der Waals surface area contributed by atoms with Gasteiger partial charge < -0.3 is 5.11 Å².